The van der Waals surface area contributed by atoms with E-state index in [4.69, 9.17) is 9.84 Å². The molecule has 1 aromatic carbocycles. The van der Waals surface area contributed by atoms with Crippen LogP contribution >= 0.6 is 11.8 Å². The van der Waals surface area contributed by atoms with Crippen LogP contribution in [0.25, 0.3) is 0 Å². The number of carbonyl (C=O) groups is 1. The molecule has 4 nitrogen and oxygen atoms in total. The van der Waals surface area contributed by atoms with Gasteiger partial charge in [0.25, 0.3) is 0 Å². The van der Waals surface area contributed by atoms with Crippen molar-refractivity contribution in [2.24, 2.45) is 0 Å². The van der Waals surface area contributed by atoms with Crippen LogP contribution in [-0.2, 0) is 5.75 Å². The monoisotopic (exact) mass is 289 g/mol. The van der Waals surface area contributed by atoms with Crippen LogP contribution in [0.3, 0.4) is 0 Å². The number of rotatable bonds is 5. The summed E-state index contributed by atoms with van der Waals surface area (Å²) in [6.07, 6.45) is 0. The molecule has 104 valence electrons. The lowest BCUT2D eigenvalue weighted by Crippen LogP contribution is -1.99. The summed E-state index contributed by atoms with van der Waals surface area (Å²) < 4.78 is 5.21. The van der Waals surface area contributed by atoms with Gasteiger partial charge in [0.2, 0.25) is 0 Å². The topological polar surface area (TPSA) is 59.4 Å². The highest BCUT2D eigenvalue weighted by Gasteiger charge is 2.10. The average Bonchev–Trinajstić information content (AvgIpc) is 2.44. The fraction of sp³-hybridized carbons (Fsp3) is 0.200. The van der Waals surface area contributed by atoms with Crippen molar-refractivity contribution in [2.75, 3.05) is 7.11 Å². The smallest absolute Gasteiger partial charge is 0.336 e. The van der Waals surface area contributed by atoms with E-state index in [1.165, 1.54) is 11.8 Å². The van der Waals surface area contributed by atoms with Crippen LogP contribution in [0.4, 0.5) is 0 Å². The summed E-state index contributed by atoms with van der Waals surface area (Å²) >= 11 is 1.46. The molecular weight excluding hydrogens is 274 g/mol. The van der Waals surface area contributed by atoms with Crippen LogP contribution in [0.2, 0.25) is 0 Å². The van der Waals surface area contributed by atoms with Gasteiger partial charge >= 0.3 is 5.97 Å². The van der Waals surface area contributed by atoms with Crippen LogP contribution in [0, 0.1) is 6.92 Å². The number of thioether (sulfide) groups is 1. The van der Waals surface area contributed by atoms with Crippen molar-refractivity contribution in [3.8, 4) is 5.75 Å². The van der Waals surface area contributed by atoms with Crippen LogP contribution in [0.1, 0.15) is 21.7 Å². The van der Waals surface area contributed by atoms with E-state index >= 15 is 0 Å². The molecule has 0 aliphatic rings. The predicted octanol–water partition coefficient (Wildman–Crippen LogP) is 3.39. The third-order valence-corrected chi connectivity index (χ3v) is 3.82. The normalized spacial score (nSPS) is 10.3. The van der Waals surface area contributed by atoms with Gasteiger partial charge in [-0.3, -0.25) is 4.98 Å². The van der Waals surface area contributed by atoms with E-state index in [0.717, 1.165) is 22.0 Å². The summed E-state index contributed by atoms with van der Waals surface area (Å²) in [4.78, 5) is 16.3. The molecule has 0 aliphatic heterocycles. The summed E-state index contributed by atoms with van der Waals surface area (Å²) in [6.45, 7) is 1.90. The maximum absolute atomic E-state index is 11.1. The second-order valence-electron chi connectivity index (χ2n) is 4.23. The van der Waals surface area contributed by atoms with E-state index in [1.807, 2.05) is 25.1 Å². The fourth-order valence-electron chi connectivity index (χ4n) is 1.82. The highest BCUT2D eigenvalue weighted by molar-refractivity contribution is 7.98. The maximum atomic E-state index is 11.1. The summed E-state index contributed by atoms with van der Waals surface area (Å²) in [5, 5.41) is 9.14. The van der Waals surface area contributed by atoms with E-state index in [9.17, 15) is 4.79 Å². The Hall–Kier alpha value is -2.01. The SMILES string of the molecule is COc1cc(C)nc(CSc2ccccc2C(=O)O)c1. The third-order valence-electron chi connectivity index (χ3n) is 2.71. The molecule has 0 unspecified atom stereocenters. The molecule has 1 heterocycles. The molecular formula is C15H15NO3S. The molecule has 2 rings (SSSR count). The highest BCUT2D eigenvalue weighted by Crippen LogP contribution is 2.27. The van der Waals surface area contributed by atoms with Gasteiger partial charge in [0, 0.05) is 28.5 Å². The zero-order valence-corrected chi connectivity index (χ0v) is 12.1. The predicted molar refractivity (Wildman–Crippen MR) is 78.5 cm³/mol. The summed E-state index contributed by atoms with van der Waals surface area (Å²) in [6, 6.07) is 10.7. The van der Waals surface area contributed by atoms with Crippen LogP contribution in [0.15, 0.2) is 41.3 Å². The quantitative estimate of drug-likeness (QED) is 0.855. The van der Waals surface area contributed by atoms with E-state index < -0.39 is 5.97 Å². The molecule has 1 aromatic heterocycles. The number of hydrogen-bond acceptors (Lipinski definition) is 4. The van der Waals surface area contributed by atoms with E-state index in [0.29, 0.717) is 11.3 Å². The number of methoxy groups -OCH3 is 1. The minimum absolute atomic E-state index is 0.317. The van der Waals surface area contributed by atoms with Gasteiger partial charge in [0.1, 0.15) is 5.75 Å². The zero-order valence-electron chi connectivity index (χ0n) is 11.3. The van der Waals surface area contributed by atoms with Gasteiger partial charge in [0.05, 0.1) is 18.4 Å². The van der Waals surface area contributed by atoms with Gasteiger partial charge in [-0.25, -0.2) is 4.79 Å². The molecule has 0 fully saturated rings. The van der Waals surface area contributed by atoms with Crippen molar-refractivity contribution >= 4 is 17.7 Å². The maximum Gasteiger partial charge on any atom is 0.336 e. The molecule has 0 atom stereocenters. The fourth-order valence-corrected chi connectivity index (χ4v) is 2.75. The van der Waals surface area contributed by atoms with Crippen molar-refractivity contribution in [2.45, 2.75) is 17.6 Å². The Morgan fingerprint density at radius 3 is 2.80 bits per heavy atom. The number of carboxylic acid groups (broad SMARTS) is 1. The molecule has 5 heteroatoms. The molecule has 0 bridgehead atoms. The summed E-state index contributed by atoms with van der Waals surface area (Å²) in [5.41, 5.74) is 2.07. The third kappa shape index (κ3) is 3.51. The zero-order chi connectivity index (χ0) is 14.5. The van der Waals surface area contributed by atoms with E-state index in [2.05, 4.69) is 4.98 Å². The van der Waals surface area contributed by atoms with Crippen LogP contribution in [0.5, 0.6) is 5.75 Å². The standard InChI is InChI=1S/C15H15NO3S/c1-10-7-12(19-2)8-11(16-10)9-20-14-6-4-3-5-13(14)15(17)18/h3-8H,9H2,1-2H3,(H,17,18). The Morgan fingerprint density at radius 1 is 1.35 bits per heavy atom. The Labute approximate surface area is 121 Å². The van der Waals surface area contributed by atoms with Gasteiger partial charge in [0.15, 0.2) is 0 Å². The minimum atomic E-state index is -0.914. The molecule has 0 spiro atoms. The van der Waals surface area contributed by atoms with E-state index in [-0.39, 0.29) is 0 Å². The van der Waals surface area contributed by atoms with Gasteiger partial charge in [-0.1, -0.05) is 12.1 Å². The van der Waals surface area contributed by atoms with Crippen molar-refractivity contribution in [3.05, 3.63) is 53.3 Å². The first-order valence-electron chi connectivity index (χ1n) is 6.07. The number of ether oxygens (including phenoxy) is 1. The second-order valence-corrected chi connectivity index (χ2v) is 5.25. The van der Waals surface area contributed by atoms with Gasteiger partial charge in [-0.05, 0) is 19.1 Å². The summed E-state index contributed by atoms with van der Waals surface area (Å²) in [7, 11) is 1.62. The Bertz CT molecular complexity index is 628. The Balaban J connectivity index is 2.17. The number of aryl methyl sites for hydroxylation is 1. The lowest BCUT2D eigenvalue weighted by Gasteiger charge is -2.07. The van der Waals surface area contributed by atoms with Crippen molar-refractivity contribution in [1.82, 2.24) is 4.98 Å². The van der Waals surface area contributed by atoms with Gasteiger partial charge < -0.3 is 9.84 Å². The molecule has 2 aromatic rings. The average molecular weight is 289 g/mol. The van der Waals surface area contributed by atoms with Crippen molar-refractivity contribution in [1.29, 1.82) is 0 Å². The van der Waals surface area contributed by atoms with Crippen LogP contribution in [-0.4, -0.2) is 23.2 Å². The number of hydrogen-bond donors (Lipinski definition) is 1. The van der Waals surface area contributed by atoms with Crippen molar-refractivity contribution in [3.63, 3.8) is 0 Å². The minimum Gasteiger partial charge on any atom is -0.497 e. The lowest BCUT2D eigenvalue weighted by molar-refractivity contribution is 0.0693. The first-order chi connectivity index (χ1) is 9.60. The molecule has 0 aliphatic carbocycles. The Kier molecular flexibility index (Phi) is 4.63. The number of aromatic nitrogens is 1. The Morgan fingerprint density at radius 2 is 2.10 bits per heavy atom. The summed E-state index contributed by atoms with van der Waals surface area (Å²) in [5.74, 6) is 0.449. The molecule has 0 saturated heterocycles. The van der Waals surface area contributed by atoms with Gasteiger partial charge in [-0.15, -0.1) is 11.8 Å². The van der Waals surface area contributed by atoms with Gasteiger partial charge in [-0.2, -0.15) is 0 Å². The number of aromatic carboxylic acids is 1. The first kappa shape index (κ1) is 14.4. The molecule has 20 heavy (non-hydrogen) atoms. The molecule has 1 N–H and O–H groups in total. The van der Waals surface area contributed by atoms with E-state index in [1.54, 1.807) is 25.3 Å². The van der Waals surface area contributed by atoms with Crippen molar-refractivity contribution < 1.29 is 14.6 Å². The highest BCUT2D eigenvalue weighted by atomic mass is 32.2. The molecule has 0 saturated carbocycles. The molecule has 0 radical (unpaired) electrons. The number of benzene rings is 1. The number of pyridine rings is 1. The second kappa shape index (κ2) is 6.43. The largest absolute Gasteiger partial charge is 0.497 e. The number of nitrogens with zero attached hydrogens (tertiary/aromatic N) is 1. The number of carboxylic acids is 1. The molecule has 0 amide bonds. The van der Waals surface area contributed by atoms with Crippen LogP contribution < -0.4 is 4.74 Å². The first-order valence-corrected chi connectivity index (χ1v) is 7.05. The lowest BCUT2D eigenvalue weighted by atomic mass is 10.2.